The fourth-order valence-electron chi connectivity index (χ4n) is 1.14. The van der Waals surface area contributed by atoms with Crippen molar-refractivity contribution >= 4 is 21.7 Å². The first-order valence-corrected chi connectivity index (χ1v) is 5.27. The number of Topliss-reactive ketones (excluding diaryl/α,β-unsaturated/α-hetero) is 1. The Morgan fingerprint density at radius 3 is 2.93 bits per heavy atom. The highest BCUT2D eigenvalue weighted by Gasteiger charge is 2.17. The van der Waals surface area contributed by atoms with Crippen molar-refractivity contribution in [3.05, 3.63) is 28.5 Å². The Morgan fingerprint density at radius 2 is 2.40 bits per heavy atom. The summed E-state index contributed by atoms with van der Waals surface area (Å²) in [6.07, 6.45) is 1.60. The van der Waals surface area contributed by atoms with Gasteiger partial charge in [0.25, 0.3) is 0 Å². The zero-order chi connectivity index (χ0) is 11.4. The normalized spacial score (nSPS) is 10.3. The number of carbonyl (C=O) groups excluding carboxylic acids is 1. The number of ether oxygens (including phenoxy) is 1. The second-order valence-corrected chi connectivity index (χ2v) is 4.02. The Labute approximate surface area is 97.0 Å². The van der Waals surface area contributed by atoms with Gasteiger partial charge in [-0.3, -0.25) is 9.48 Å². The molecule has 1 heterocycles. The van der Waals surface area contributed by atoms with Crippen molar-refractivity contribution in [2.75, 3.05) is 13.7 Å². The summed E-state index contributed by atoms with van der Waals surface area (Å²) >= 11 is 3.29. The summed E-state index contributed by atoms with van der Waals surface area (Å²) in [5.41, 5.74) is 1.02. The number of hydrogen-bond donors (Lipinski definition) is 0. The molecule has 0 unspecified atom stereocenters. The minimum Gasteiger partial charge on any atom is -0.383 e. The van der Waals surface area contributed by atoms with Crippen molar-refractivity contribution < 1.29 is 9.53 Å². The van der Waals surface area contributed by atoms with Gasteiger partial charge in [0.2, 0.25) is 5.78 Å². The van der Waals surface area contributed by atoms with Crippen LogP contribution in [0, 0.1) is 0 Å². The second kappa shape index (κ2) is 5.23. The average Bonchev–Trinajstić information content (AvgIpc) is 2.55. The zero-order valence-corrected chi connectivity index (χ0v) is 10.4. The molecular formula is C10H13BrN2O2. The highest BCUT2D eigenvalue weighted by Crippen LogP contribution is 2.18. The van der Waals surface area contributed by atoms with Gasteiger partial charge in [-0.15, -0.1) is 0 Å². The molecule has 1 aromatic heterocycles. The monoisotopic (exact) mass is 272 g/mol. The summed E-state index contributed by atoms with van der Waals surface area (Å²) in [6, 6.07) is 0. The average molecular weight is 273 g/mol. The van der Waals surface area contributed by atoms with Crippen molar-refractivity contribution in [1.82, 2.24) is 9.78 Å². The van der Waals surface area contributed by atoms with E-state index in [1.165, 1.54) is 0 Å². The van der Waals surface area contributed by atoms with Gasteiger partial charge in [0.15, 0.2) is 0 Å². The summed E-state index contributed by atoms with van der Waals surface area (Å²) in [5.74, 6) is -0.101. The van der Waals surface area contributed by atoms with Crippen LogP contribution in [0.4, 0.5) is 0 Å². The number of rotatable bonds is 5. The molecule has 1 aromatic rings. The van der Waals surface area contributed by atoms with Crippen LogP contribution in [0.5, 0.6) is 0 Å². The maximum absolute atomic E-state index is 11.8. The van der Waals surface area contributed by atoms with E-state index in [0.717, 1.165) is 0 Å². The van der Waals surface area contributed by atoms with Crippen LogP contribution in [0.2, 0.25) is 0 Å². The quantitative estimate of drug-likeness (QED) is 0.609. The van der Waals surface area contributed by atoms with Gasteiger partial charge in [-0.2, -0.15) is 5.10 Å². The van der Waals surface area contributed by atoms with Gasteiger partial charge >= 0.3 is 0 Å². The van der Waals surface area contributed by atoms with Crippen molar-refractivity contribution in [3.8, 4) is 0 Å². The molecule has 82 valence electrons. The van der Waals surface area contributed by atoms with Gasteiger partial charge in [0.1, 0.15) is 5.69 Å². The maximum atomic E-state index is 11.8. The SMILES string of the molecule is C=C(C)C(=O)c1c(Br)cnn1CCOC. The van der Waals surface area contributed by atoms with Crippen LogP contribution in [0.1, 0.15) is 17.4 Å². The van der Waals surface area contributed by atoms with E-state index < -0.39 is 0 Å². The summed E-state index contributed by atoms with van der Waals surface area (Å²) in [7, 11) is 1.61. The number of aromatic nitrogens is 2. The first-order chi connectivity index (χ1) is 7.07. The molecule has 0 fully saturated rings. The van der Waals surface area contributed by atoms with E-state index in [9.17, 15) is 4.79 Å². The predicted octanol–water partition coefficient (Wildman–Crippen LogP) is 2.05. The number of nitrogens with zero attached hydrogens (tertiary/aromatic N) is 2. The van der Waals surface area contributed by atoms with E-state index in [1.807, 2.05) is 0 Å². The van der Waals surface area contributed by atoms with Crippen LogP contribution < -0.4 is 0 Å². The molecule has 4 nitrogen and oxygen atoms in total. The molecule has 0 aliphatic carbocycles. The minimum absolute atomic E-state index is 0.101. The molecule has 0 saturated carbocycles. The van der Waals surface area contributed by atoms with E-state index >= 15 is 0 Å². The lowest BCUT2D eigenvalue weighted by molar-refractivity contribution is 0.102. The summed E-state index contributed by atoms with van der Waals surface area (Å²) < 4.78 is 7.24. The predicted molar refractivity (Wildman–Crippen MR) is 60.9 cm³/mol. The van der Waals surface area contributed by atoms with Crippen LogP contribution in [-0.2, 0) is 11.3 Å². The number of ketones is 1. The van der Waals surface area contributed by atoms with Crippen molar-refractivity contribution in [2.24, 2.45) is 0 Å². The van der Waals surface area contributed by atoms with E-state index in [-0.39, 0.29) is 5.78 Å². The Morgan fingerprint density at radius 1 is 1.73 bits per heavy atom. The van der Waals surface area contributed by atoms with E-state index in [1.54, 1.807) is 24.9 Å². The summed E-state index contributed by atoms with van der Waals surface area (Å²) in [4.78, 5) is 11.8. The van der Waals surface area contributed by atoms with Crippen molar-refractivity contribution in [2.45, 2.75) is 13.5 Å². The fraction of sp³-hybridized carbons (Fsp3) is 0.400. The largest absolute Gasteiger partial charge is 0.383 e. The number of halogens is 1. The molecule has 0 atom stereocenters. The third-order valence-corrected chi connectivity index (χ3v) is 2.49. The lowest BCUT2D eigenvalue weighted by atomic mass is 10.1. The van der Waals surface area contributed by atoms with Crippen LogP contribution in [0.15, 0.2) is 22.8 Å². The Bertz CT molecular complexity index is 385. The highest BCUT2D eigenvalue weighted by atomic mass is 79.9. The molecule has 0 radical (unpaired) electrons. The summed E-state index contributed by atoms with van der Waals surface area (Å²) in [5, 5.41) is 4.08. The Balaban J connectivity index is 2.98. The molecule has 0 aliphatic heterocycles. The number of carbonyl (C=O) groups is 1. The number of allylic oxidation sites excluding steroid dienone is 1. The van der Waals surface area contributed by atoms with E-state index in [0.29, 0.717) is 28.9 Å². The lowest BCUT2D eigenvalue weighted by Gasteiger charge is -2.06. The third-order valence-electron chi connectivity index (χ3n) is 1.90. The molecule has 0 bridgehead atoms. The van der Waals surface area contributed by atoms with Gasteiger partial charge in [0.05, 0.1) is 23.8 Å². The van der Waals surface area contributed by atoms with Crippen molar-refractivity contribution in [3.63, 3.8) is 0 Å². The highest BCUT2D eigenvalue weighted by molar-refractivity contribution is 9.10. The van der Waals surface area contributed by atoms with Gasteiger partial charge < -0.3 is 4.74 Å². The standard InChI is InChI=1S/C10H13BrN2O2/c1-7(2)10(14)9-8(11)6-12-13(9)4-5-15-3/h6H,1,4-5H2,2-3H3. The first kappa shape index (κ1) is 12.1. The molecule has 5 heteroatoms. The topological polar surface area (TPSA) is 44.1 Å². The summed E-state index contributed by atoms with van der Waals surface area (Å²) in [6.45, 7) is 6.38. The number of methoxy groups -OCH3 is 1. The van der Waals surface area contributed by atoms with Gasteiger partial charge in [-0.05, 0) is 28.4 Å². The van der Waals surface area contributed by atoms with Gasteiger partial charge in [-0.25, -0.2) is 0 Å². The minimum atomic E-state index is -0.101. The van der Waals surface area contributed by atoms with Gasteiger partial charge in [-0.1, -0.05) is 6.58 Å². The van der Waals surface area contributed by atoms with E-state index in [4.69, 9.17) is 4.74 Å². The molecule has 0 spiro atoms. The molecule has 0 aromatic carbocycles. The molecule has 0 saturated heterocycles. The van der Waals surface area contributed by atoms with Crippen LogP contribution in [-0.4, -0.2) is 29.3 Å². The van der Waals surface area contributed by atoms with Crippen LogP contribution in [0.25, 0.3) is 0 Å². The Hall–Kier alpha value is -0.940. The van der Waals surface area contributed by atoms with Gasteiger partial charge in [0, 0.05) is 7.11 Å². The van der Waals surface area contributed by atoms with E-state index in [2.05, 4.69) is 27.6 Å². The number of hydrogen-bond acceptors (Lipinski definition) is 3. The lowest BCUT2D eigenvalue weighted by Crippen LogP contribution is -2.14. The van der Waals surface area contributed by atoms with Crippen molar-refractivity contribution in [1.29, 1.82) is 0 Å². The first-order valence-electron chi connectivity index (χ1n) is 4.48. The molecule has 15 heavy (non-hydrogen) atoms. The molecule has 1 rings (SSSR count). The molecule has 0 amide bonds. The third kappa shape index (κ3) is 2.76. The smallest absolute Gasteiger partial charge is 0.207 e. The maximum Gasteiger partial charge on any atom is 0.207 e. The van der Waals surface area contributed by atoms with Crippen LogP contribution >= 0.6 is 15.9 Å². The van der Waals surface area contributed by atoms with Crippen LogP contribution in [0.3, 0.4) is 0 Å². The molecular weight excluding hydrogens is 260 g/mol. The Kier molecular flexibility index (Phi) is 4.23. The molecule has 0 aliphatic rings. The second-order valence-electron chi connectivity index (χ2n) is 3.17. The zero-order valence-electron chi connectivity index (χ0n) is 8.79. The fourth-order valence-corrected chi connectivity index (χ4v) is 1.61. The molecule has 0 N–H and O–H groups in total.